The van der Waals surface area contributed by atoms with Crippen LogP contribution in [0.15, 0.2) is 24.3 Å². The number of likely N-dealkylation sites (N-methyl/N-ethyl adjacent to an activating group) is 1. The molecule has 1 aromatic carbocycles. The maximum atomic E-state index is 12.2. The lowest BCUT2D eigenvalue weighted by molar-refractivity contribution is -0.135. The summed E-state index contributed by atoms with van der Waals surface area (Å²) in [6.07, 6.45) is 0.313. The molecule has 0 heterocycles. The summed E-state index contributed by atoms with van der Waals surface area (Å²) in [6.45, 7) is 4.03. The van der Waals surface area contributed by atoms with Gasteiger partial charge in [0.2, 0.25) is 5.91 Å². The molecule has 1 aromatic rings. The number of carbonyl (C=O) groups is 1. The Morgan fingerprint density at radius 3 is 2.39 bits per heavy atom. The molecular formula is C14H22N2O2. The van der Waals surface area contributed by atoms with E-state index >= 15 is 0 Å². The monoisotopic (exact) mass is 250 g/mol. The maximum Gasteiger partial charge on any atom is 0.227 e. The van der Waals surface area contributed by atoms with Gasteiger partial charge in [-0.15, -0.1) is 0 Å². The molecular weight excluding hydrogens is 228 g/mol. The van der Waals surface area contributed by atoms with E-state index in [0.717, 1.165) is 11.1 Å². The molecule has 100 valence electrons. The summed E-state index contributed by atoms with van der Waals surface area (Å²) in [5, 5.41) is 9.27. The highest BCUT2D eigenvalue weighted by Gasteiger charge is 2.26. The lowest BCUT2D eigenvalue weighted by atomic mass is 10.0. The summed E-state index contributed by atoms with van der Waals surface area (Å²) in [4.78, 5) is 13.7. The lowest BCUT2D eigenvalue weighted by Crippen LogP contribution is -2.48. The van der Waals surface area contributed by atoms with Gasteiger partial charge >= 0.3 is 0 Å². The van der Waals surface area contributed by atoms with Crippen LogP contribution in [-0.2, 0) is 17.8 Å². The quantitative estimate of drug-likeness (QED) is 0.816. The van der Waals surface area contributed by atoms with Crippen LogP contribution in [0.4, 0.5) is 0 Å². The van der Waals surface area contributed by atoms with Crippen LogP contribution in [0, 0.1) is 0 Å². The summed E-state index contributed by atoms with van der Waals surface area (Å²) in [7, 11) is 1.71. The number of hydrogen-bond acceptors (Lipinski definition) is 3. The van der Waals surface area contributed by atoms with Crippen LogP contribution < -0.4 is 5.73 Å². The number of aliphatic hydroxyl groups excluding tert-OH is 1. The Hall–Kier alpha value is -1.39. The Balaban J connectivity index is 2.82. The van der Waals surface area contributed by atoms with E-state index in [4.69, 9.17) is 5.73 Å². The van der Waals surface area contributed by atoms with Gasteiger partial charge in [0, 0.05) is 13.6 Å². The van der Waals surface area contributed by atoms with E-state index in [1.165, 1.54) is 0 Å². The first-order chi connectivity index (χ1) is 8.42. The Bertz CT molecular complexity index is 416. The molecule has 0 atom stereocenters. The number of rotatable bonds is 5. The van der Waals surface area contributed by atoms with Crippen LogP contribution in [0.5, 0.6) is 0 Å². The third-order valence-corrected chi connectivity index (χ3v) is 3.35. The zero-order valence-corrected chi connectivity index (χ0v) is 11.3. The van der Waals surface area contributed by atoms with Gasteiger partial charge in [-0.25, -0.2) is 0 Å². The molecule has 0 bridgehead atoms. The third kappa shape index (κ3) is 3.31. The van der Waals surface area contributed by atoms with E-state index in [1.807, 2.05) is 38.1 Å². The van der Waals surface area contributed by atoms with Gasteiger partial charge in [0.05, 0.1) is 18.6 Å². The van der Waals surface area contributed by atoms with Crippen molar-refractivity contribution < 1.29 is 9.90 Å². The largest absolute Gasteiger partial charge is 0.394 e. The Kier molecular flexibility index (Phi) is 4.87. The van der Waals surface area contributed by atoms with Gasteiger partial charge in [-0.05, 0) is 25.0 Å². The van der Waals surface area contributed by atoms with Crippen LogP contribution in [0.3, 0.4) is 0 Å². The molecule has 0 aromatic heterocycles. The first-order valence-corrected chi connectivity index (χ1v) is 6.06. The predicted molar refractivity (Wildman–Crippen MR) is 72.0 cm³/mol. The van der Waals surface area contributed by atoms with Crippen molar-refractivity contribution in [2.75, 3.05) is 13.7 Å². The van der Waals surface area contributed by atoms with Crippen molar-refractivity contribution in [3.8, 4) is 0 Å². The van der Waals surface area contributed by atoms with Crippen LogP contribution in [-0.4, -0.2) is 35.1 Å². The number of aliphatic hydroxyl groups is 1. The number of nitrogens with zero attached hydrogens (tertiary/aromatic N) is 1. The average Bonchev–Trinajstić information content (AvgIpc) is 2.38. The van der Waals surface area contributed by atoms with E-state index in [0.29, 0.717) is 13.0 Å². The highest BCUT2D eigenvalue weighted by molar-refractivity contribution is 5.79. The summed E-state index contributed by atoms with van der Waals surface area (Å²) in [5.41, 5.74) is 7.04. The van der Waals surface area contributed by atoms with Gasteiger partial charge in [0.25, 0.3) is 0 Å². The smallest absolute Gasteiger partial charge is 0.227 e. The highest BCUT2D eigenvalue weighted by Crippen LogP contribution is 2.15. The molecule has 1 amide bonds. The van der Waals surface area contributed by atoms with E-state index in [-0.39, 0.29) is 12.5 Å². The van der Waals surface area contributed by atoms with Gasteiger partial charge in [-0.3, -0.25) is 4.79 Å². The molecule has 0 radical (unpaired) electrons. The molecule has 0 fully saturated rings. The van der Waals surface area contributed by atoms with Crippen LogP contribution in [0.2, 0.25) is 0 Å². The molecule has 0 spiro atoms. The molecule has 3 N–H and O–H groups in total. The second-order valence-electron chi connectivity index (χ2n) is 5.07. The minimum atomic E-state index is -0.547. The molecule has 4 heteroatoms. The second kappa shape index (κ2) is 5.98. The minimum absolute atomic E-state index is 0.0186. The van der Waals surface area contributed by atoms with Gasteiger partial charge in [-0.2, -0.15) is 0 Å². The molecule has 0 saturated carbocycles. The summed E-state index contributed by atoms with van der Waals surface area (Å²) < 4.78 is 0. The second-order valence-corrected chi connectivity index (χ2v) is 5.07. The Morgan fingerprint density at radius 2 is 1.89 bits per heavy atom. The summed E-state index contributed by atoms with van der Waals surface area (Å²) >= 11 is 0. The molecule has 0 aliphatic heterocycles. The van der Waals surface area contributed by atoms with Crippen molar-refractivity contribution in [1.29, 1.82) is 0 Å². The standard InChI is InChI=1S/C14H22N2O2/c1-14(2,10-17)16(3)13(18)8-11-6-4-5-7-12(11)9-15/h4-7,17H,8-10,15H2,1-3H3. The van der Waals surface area contributed by atoms with E-state index in [1.54, 1.807) is 11.9 Å². The normalized spacial score (nSPS) is 11.4. The molecule has 0 aliphatic rings. The van der Waals surface area contributed by atoms with Crippen molar-refractivity contribution in [3.63, 3.8) is 0 Å². The minimum Gasteiger partial charge on any atom is -0.394 e. The van der Waals surface area contributed by atoms with Crippen LogP contribution in [0.25, 0.3) is 0 Å². The highest BCUT2D eigenvalue weighted by atomic mass is 16.3. The topological polar surface area (TPSA) is 66.6 Å². The first-order valence-electron chi connectivity index (χ1n) is 6.06. The molecule has 0 saturated heterocycles. The zero-order chi connectivity index (χ0) is 13.8. The van der Waals surface area contributed by atoms with Crippen molar-refractivity contribution in [2.45, 2.75) is 32.4 Å². The van der Waals surface area contributed by atoms with E-state index < -0.39 is 5.54 Å². The fourth-order valence-corrected chi connectivity index (χ4v) is 1.65. The number of carbonyl (C=O) groups excluding carboxylic acids is 1. The SMILES string of the molecule is CN(C(=O)Cc1ccccc1CN)C(C)(C)CO. The summed E-state index contributed by atoms with van der Waals surface area (Å²) in [5.74, 6) is -0.0186. The first kappa shape index (κ1) is 14.7. The molecule has 18 heavy (non-hydrogen) atoms. The van der Waals surface area contributed by atoms with Crippen molar-refractivity contribution in [1.82, 2.24) is 4.90 Å². The van der Waals surface area contributed by atoms with Crippen molar-refractivity contribution in [2.24, 2.45) is 5.73 Å². The fourth-order valence-electron chi connectivity index (χ4n) is 1.65. The average molecular weight is 250 g/mol. The number of nitrogens with two attached hydrogens (primary N) is 1. The summed E-state index contributed by atoms with van der Waals surface area (Å²) in [6, 6.07) is 7.66. The number of benzene rings is 1. The Morgan fingerprint density at radius 1 is 1.33 bits per heavy atom. The van der Waals surface area contributed by atoms with Crippen molar-refractivity contribution >= 4 is 5.91 Å². The van der Waals surface area contributed by atoms with Crippen molar-refractivity contribution in [3.05, 3.63) is 35.4 Å². The number of amides is 1. The van der Waals surface area contributed by atoms with E-state index in [9.17, 15) is 9.90 Å². The van der Waals surface area contributed by atoms with Gasteiger partial charge in [0.15, 0.2) is 0 Å². The maximum absolute atomic E-state index is 12.2. The predicted octanol–water partition coefficient (Wildman–Crippen LogP) is 0.917. The lowest BCUT2D eigenvalue weighted by Gasteiger charge is -2.34. The van der Waals surface area contributed by atoms with E-state index in [2.05, 4.69) is 0 Å². The van der Waals surface area contributed by atoms with Gasteiger partial charge in [0.1, 0.15) is 0 Å². The molecule has 1 rings (SSSR count). The third-order valence-electron chi connectivity index (χ3n) is 3.35. The van der Waals surface area contributed by atoms with Gasteiger partial charge < -0.3 is 15.7 Å². The Labute approximate surface area is 108 Å². The van der Waals surface area contributed by atoms with Crippen LogP contribution >= 0.6 is 0 Å². The molecule has 0 aliphatic carbocycles. The zero-order valence-electron chi connectivity index (χ0n) is 11.3. The molecule has 0 unspecified atom stereocenters. The fraction of sp³-hybridized carbons (Fsp3) is 0.500. The molecule has 4 nitrogen and oxygen atoms in total. The van der Waals surface area contributed by atoms with Crippen LogP contribution in [0.1, 0.15) is 25.0 Å². The van der Waals surface area contributed by atoms with Gasteiger partial charge in [-0.1, -0.05) is 24.3 Å². The number of hydrogen-bond donors (Lipinski definition) is 2.